The summed E-state index contributed by atoms with van der Waals surface area (Å²) in [4.78, 5) is 47.8. The van der Waals surface area contributed by atoms with Gasteiger partial charge in [0.25, 0.3) is 0 Å². The molecule has 306 valence electrons. The van der Waals surface area contributed by atoms with Crippen molar-refractivity contribution in [3.05, 3.63) is 82.4 Å². The van der Waals surface area contributed by atoms with Gasteiger partial charge in [-0.3, -0.25) is 14.6 Å². The minimum Gasteiger partial charge on any atom is -0.508 e. The zero-order valence-corrected chi connectivity index (χ0v) is 36.9. The van der Waals surface area contributed by atoms with E-state index in [0.29, 0.717) is 48.8 Å². The van der Waals surface area contributed by atoms with Gasteiger partial charge in [-0.2, -0.15) is 0 Å². The zero-order chi connectivity index (χ0) is 40.2. The number of nitrogens with zero attached hydrogens (tertiary/aromatic N) is 6. The standard InChI is InChI=1S/C19H31N5O3.C13H19NO.C9H9ClN2O.W/c1-23(2)9-6-18(26)22-15-4-5-17(25)16(12-15)21-14-20-13-19(27)7-10-24(3)11-8-19;1-14-9-5-8-13(11-15)10-12-6-3-2-4-7-12;1-6-2-8(10)12-4-7(5-13)3-9(12)11-6;/h4-5,12,14,27H,6-11,13H2,1-3H3,(H3,20,21,22,25,26);2-4,6-7,11,13-14H,5,8-10H2,1H3;2,4-5,9H,3H2,1H3;/p-1. The zero-order valence-electron chi connectivity index (χ0n) is 33.2. The number of aromatic hydroxyl groups is 1. The molecule has 1 saturated heterocycles. The third-order valence-corrected chi connectivity index (χ3v) is 9.59. The van der Waals surface area contributed by atoms with Crippen molar-refractivity contribution in [1.82, 2.24) is 20.0 Å². The average molecular weight is 962 g/mol. The maximum atomic E-state index is 11.9. The van der Waals surface area contributed by atoms with Gasteiger partial charge in [0.15, 0.2) is 0 Å². The number of phenolic OH excluding ortho intramolecular Hbond substituents is 1. The van der Waals surface area contributed by atoms with Crippen molar-refractivity contribution in [3.63, 3.8) is 0 Å². The smallest absolute Gasteiger partial charge is 0.225 e. The van der Waals surface area contributed by atoms with Crippen LogP contribution in [0.5, 0.6) is 5.75 Å². The Balaban J connectivity index is 0.000000315. The number of hydrogen-bond donors (Lipinski definition) is 4. The molecule has 13 nitrogen and oxygen atoms in total. The first-order valence-electron chi connectivity index (χ1n) is 18.7. The van der Waals surface area contributed by atoms with E-state index in [4.69, 9.17) is 11.6 Å². The molecule has 15 heteroatoms. The Morgan fingerprint density at radius 2 is 1.89 bits per heavy atom. The number of aliphatic hydroxyl groups is 1. The number of rotatable bonds is 16. The van der Waals surface area contributed by atoms with E-state index in [1.165, 1.54) is 18.0 Å². The number of fused-ring (bicyclic) bond motifs is 1. The van der Waals surface area contributed by atoms with Gasteiger partial charge in [0.2, 0.25) is 5.91 Å². The van der Waals surface area contributed by atoms with Crippen LogP contribution in [0.3, 0.4) is 0 Å². The number of carbonyl (C=O) groups excluding carboxylic acids is 3. The molecule has 0 spiro atoms. The van der Waals surface area contributed by atoms with Gasteiger partial charge in [-0.1, -0.05) is 41.9 Å². The number of allylic oxidation sites excluding steroid dienone is 1. The van der Waals surface area contributed by atoms with E-state index in [0.717, 1.165) is 62.8 Å². The number of piperidine rings is 1. The number of anilines is 1. The molecule has 2 unspecified atom stereocenters. The molecule has 0 bridgehead atoms. The number of benzene rings is 2. The molecule has 1 amide bonds. The molecule has 5 rings (SSSR count). The van der Waals surface area contributed by atoms with Crippen LogP contribution < -0.4 is 10.6 Å². The van der Waals surface area contributed by atoms with Crippen LogP contribution in [0.15, 0.2) is 81.5 Å². The summed E-state index contributed by atoms with van der Waals surface area (Å²) in [5, 5.41) is 31.2. The molecule has 4 N–H and O–H groups in total. The van der Waals surface area contributed by atoms with E-state index in [-0.39, 0.29) is 51.4 Å². The minimum absolute atomic E-state index is 0. The Kier molecular flexibility index (Phi) is 22.1. The Labute approximate surface area is 351 Å². The van der Waals surface area contributed by atoms with Gasteiger partial charge in [-0.25, -0.2) is 0 Å². The predicted molar refractivity (Wildman–Crippen MR) is 222 cm³/mol. The Morgan fingerprint density at radius 1 is 1.18 bits per heavy atom. The SMILES string of the molecule is CC1=NC2CC(C=O)=CN2C(Cl)=C1.CN(C)CCC(=O)Nc1ccc(O)c(N=C[N-]CC2(O)CCN(C)CC2)c1.CNCCCC(C=O)Cc1ccccc1.[W]. The van der Waals surface area contributed by atoms with Crippen molar-refractivity contribution in [2.24, 2.45) is 15.9 Å². The van der Waals surface area contributed by atoms with Crippen molar-refractivity contribution in [2.45, 2.75) is 63.6 Å². The maximum Gasteiger partial charge on any atom is 0.225 e. The van der Waals surface area contributed by atoms with Gasteiger partial charge in [-0.05, 0) is 110 Å². The number of aldehydes is 2. The fourth-order valence-electron chi connectivity index (χ4n) is 5.97. The molecular formula is C41H58ClN8O5W-. The predicted octanol–water partition coefficient (Wildman–Crippen LogP) is 5.47. The first-order chi connectivity index (χ1) is 26.3. The van der Waals surface area contributed by atoms with Crippen molar-refractivity contribution < 1.29 is 45.7 Å². The van der Waals surface area contributed by atoms with Crippen LogP contribution in [-0.2, 0) is 41.9 Å². The van der Waals surface area contributed by atoms with E-state index in [1.54, 1.807) is 24.4 Å². The summed E-state index contributed by atoms with van der Waals surface area (Å²) in [6.45, 7) is 5.52. The minimum atomic E-state index is -0.789. The van der Waals surface area contributed by atoms with Crippen LogP contribution in [0.4, 0.5) is 11.4 Å². The Morgan fingerprint density at radius 3 is 2.54 bits per heavy atom. The van der Waals surface area contributed by atoms with E-state index in [9.17, 15) is 24.6 Å². The quantitative estimate of drug-likeness (QED) is 0.0427. The summed E-state index contributed by atoms with van der Waals surface area (Å²) in [6, 6.07) is 14.9. The molecule has 2 aromatic carbocycles. The molecule has 56 heavy (non-hydrogen) atoms. The van der Waals surface area contributed by atoms with Crippen LogP contribution in [0.2, 0.25) is 0 Å². The van der Waals surface area contributed by atoms with Crippen LogP contribution in [0, 0.1) is 5.92 Å². The van der Waals surface area contributed by atoms with E-state index in [2.05, 4.69) is 43.0 Å². The second kappa shape index (κ2) is 25.5. The second-order valence-corrected chi connectivity index (χ2v) is 14.8. The Bertz CT molecular complexity index is 1650. The number of carbonyl (C=O) groups is 3. The molecule has 0 aromatic heterocycles. The van der Waals surface area contributed by atoms with Crippen molar-refractivity contribution in [3.8, 4) is 5.75 Å². The molecule has 2 aromatic rings. The molecule has 0 aliphatic carbocycles. The van der Waals surface area contributed by atoms with Crippen LogP contribution in [-0.4, -0.2) is 128 Å². The van der Waals surface area contributed by atoms with Gasteiger partial charge in [-0.15, -0.1) is 6.34 Å². The third kappa shape index (κ3) is 17.6. The van der Waals surface area contributed by atoms with Crippen LogP contribution in [0.1, 0.15) is 51.0 Å². The Hall–Kier alpha value is -3.71. The number of hydrogen-bond acceptors (Lipinski definition) is 11. The first-order valence-corrected chi connectivity index (χ1v) is 19.1. The molecule has 3 heterocycles. The second-order valence-electron chi connectivity index (χ2n) is 14.4. The summed E-state index contributed by atoms with van der Waals surface area (Å²) in [5.41, 5.74) is 3.00. The van der Waals surface area contributed by atoms with E-state index < -0.39 is 5.60 Å². The number of amides is 1. The van der Waals surface area contributed by atoms with Gasteiger partial charge in [0.05, 0.1) is 5.60 Å². The fourth-order valence-corrected chi connectivity index (χ4v) is 6.29. The molecule has 3 aliphatic rings. The van der Waals surface area contributed by atoms with Crippen molar-refractivity contribution in [2.75, 3.05) is 66.2 Å². The van der Waals surface area contributed by atoms with E-state index in [1.807, 2.05) is 63.1 Å². The molecule has 0 radical (unpaired) electrons. The van der Waals surface area contributed by atoms with Crippen LogP contribution in [0.25, 0.3) is 5.32 Å². The number of halogens is 1. The number of phenols is 1. The first kappa shape index (κ1) is 48.4. The number of aliphatic imine (C=N–C) groups is 2. The molecule has 2 atom stereocenters. The van der Waals surface area contributed by atoms with Crippen LogP contribution >= 0.6 is 11.6 Å². The van der Waals surface area contributed by atoms with Gasteiger partial charge in [0.1, 0.15) is 29.6 Å². The summed E-state index contributed by atoms with van der Waals surface area (Å²) in [6.07, 6.45) is 12.1. The summed E-state index contributed by atoms with van der Waals surface area (Å²) in [7, 11) is 7.79. The molecule has 1 fully saturated rings. The maximum absolute atomic E-state index is 11.9. The molecular weight excluding hydrogens is 904 g/mol. The molecule has 0 saturated carbocycles. The average Bonchev–Trinajstić information content (AvgIpc) is 3.59. The summed E-state index contributed by atoms with van der Waals surface area (Å²) in [5.74, 6) is 0.0741. The van der Waals surface area contributed by atoms with Crippen molar-refractivity contribution >= 4 is 53.5 Å². The number of nitrogens with one attached hydrogen (secondary N) is 2. The van der Waals surface area contributed by atoms with Gasteiger partial charge >= 0.3 is 0 Å². The summed E-state index contributed by atoms with van der Waals surface area (Å²) >= 11 is 5.98. The monoisotopic (exact) mass is 961 g/mol. The van der Waals surface area contributed by atoms with E-state index >= 15 is 0 Å². The normalized spacial score (nSPS) is 17.8. The van der Waals surface area contributed by atoms with Gasteiger partial charge < -0.3 is 50.7 Å². The summed E-state index contributed by atoms with van der Waals surface area (Å²) < 4.78 is 0. The molecule has 3 aliphatic heterocycles. The van der Waals surface area contributed by atoms with Crippen molar-refractivity contribution in [1.29, 1.82) is 0 Å². The number of likely N-dealkylation sites (tertiary alicyclic amines) is 1. The third-order valence-electron chi connectivity index (χ3n) is 9.28. The largest absolute Gasteiger partial charge is 0.508 e. The fraction of sp³-hybridized carbons (Fsp3) is 0.488. The topological polar surface area (TPSA) is 164 Å². The van der Waals surface area contributed by atoms with Gasteiger partial charge in [0, 0.05) is 88.3 Å².